The molecule has 0 fully saturated rings. The van der Waals surface area contributed by atoms with E-state index in [0.29, 0.717) is 24.1 Å². The van der Waals surface area contributed by atoms with Gasteiger partial charge in [0.05, 0.1) is 0 Å². The Kier molecular flexibility index (Phi) is 8.70. The molecule has 0 aliphatic rings. The Morgan fingerprint density at radius 2 is 1.94 bits per heavy atom. The quantitative estimate of drug-likeness (QED) is 0.600. The molecule has 0 saturated heterocycles. The average molecular weight is 275 g/mol. The van der Waals surface area contributed by atoms with E-state index in [1.807, 2.05) is 18.7 Å². The van der Waals surface area contributed by atoms with Crippen LogP contribution in [0.15, 0.2) is 0 Å². The molecule has 0 spiro atoms. The van der Waals surface area contributed by atoms with Crippen molar-refractivity contribution >= 4 is 17.7 Å². The molecular formula is C14H29NO2S. The number of rotatable bonds is 10. The van der Waals surface area contributed by atoms with Gasteiger partial charge in [-0.1, -0.05) is 34.1 Å². The van der Waals surface area contributed by atoms with E-state index in [1.54, 1.807) is 6.92 Å². The Morgan fingerprint density at radius 3 is 2.39 bits per heavy atom. The lowest BCUT2D eigenvalue weighted by molar-refractivity contribution is -0.144. The first-order valence-electron chi connectivity index (χ1n) is 6.93. The second kappa shape index (κ2) is 8.81. The number of carboxylic acids is 1. The summed E-state index contributed by atoms with van der Waals surface area (Å²) < 4.78 is 0. The van der Waals surface area contributed by atoms with Crippen LogP contribution in [0.1, 0.15) is 53.9 Å². The topological polar surface area (TPSA) is 49.3 Å². The molecule has 18 heavy (non-hydrogen) atoms. The van der Waals surface area contributed by atoms with Gasteiger partial charge < -0.3 is 10.4 Å². The van der Waals surface area contributed by atoms with Crippen LogP contribution in [-0.4, -0.2) is 34.2 Å². The van der Waals surface area contributed by atoms with Crippen molar-refractivity contribution in [1.29, 1.82) is 0 Å². The summed E-state index contributed by atoms with van der Waals surface area (Å²) in [6, 6.07) is 0. The third kappa shape index (κ3) is 6.64. The SMILES string of the molecule is CCNC(C)(CCCCSC(C)C(C)C)C(=O)O. The number of unbranched alkanes of at least 4 members (excludes halogenated alkanes) is 1. The summed E-state index contributed by atoms with van der Waals surface area (Å²) in [4.78, 5) is 11.2. The molecule has 3 nitrogen and oxygen atoms in total. The second-order valence-electron chi connectivity index (χ2n) is 5.44. The molecule has 0 bridgehead atoms. The Labute approximate surface area is 116 Å². The lowest BCUT2D eigenvalue weighted by atomic mass is 9.95. The van der Waals surface area contributed by atoms with E-state index < -0.39 is 11.5 Å². The Bertz CT molecular complexity index is 246. The van der Waals surface area contributed by atoms with E-state index >= 15 is 0 Å². The lowest BCUT2D eigenvalue weighted by Crippen LogP contribution is -2.49. The zero-order chi connectivity index (χ0) is 14.2. The minimum atomic E-state index is -0.761. The first-order valence-corrected chi connectivity index (χ1v) is 7.98. The second-order valence-corrected chi connectivity index (χ2v) is 6.93. The fraction of sp³-hybridized carbons (Fsp3) is 0.929. The maximum atomic E-state index is 11.2. The van der Waals surface area contributed by atoms with Crippen molar-refractivity contribution in [3.8, 4) is 0 Å². The highest BCUT2D eigenvalue weighted by atomic mass is 32.2. The number of hydrogen-bond donors (Lipinski definition) is 2. The fourth-order valence-electron chi connectivity index (χ4n) is 1.70. The number of hydrogen-bond acceptors (Lipinski definition) is 3. The van der Waals surface area contributed by atoms with Crippen LogP contribution in [-0.2, 0) is 4.79 Å². The molecular weight excluding hydrogens is 246 g/mol. The maximum absolute atomic E-state index is 11.2. The van der Waals surface area contributed by atoms with Crippen molar-refractivity contribution in [2.45, 2.75) is 64.7 Å². The van der Waals surface area contributed by atoms with Crippen molar-refractivity contribution in [3.05, 3.63) is 0 Å². The highest BCUT2D eigenvalue weighted by Crippen LogP contribution is 2.21. The number of thioether (sulfide) groups is 1. The molecule has 0 aromatic heterocycles. The highest BCUT2D eigenvalue weighted by Gasteiger charge is 2.30. The van der Waals surface area contributed by atoms with Crippen LogP contribution in [0.2, 0.25) is 0 Å². The van der Waals surface area contributed by atoms with Crippen LogP contribution >= 0.6 is 11.8 Å². The zero-order valence-corrected chi connectivity index (χ0v) is 13.3. The van der Waals surface area contributed by atoms with E-state index in [4.69, 9.17) is 0 Å². The number of likely N-dealkylation sites (N-methyl/N-ethyl adjacent to an activating group) is 1. The van der Waals surface area contributed by atoms with Gasteiger partial charge in [-0.2, -0.15) is 11.8 Å². The molecule has 0 amide bonds. The summed E-state index contributed by atoms with van der Waals surface area (Å²) in [5.74, 6) is 1.09. The Morgan fingerprint density at radius 1 is 1.33 bits per heavy atom. The monoisotopic (exact) mass is 275 g/mol. The lowest BCUT2D eigenvalue weighted by Gasteiger charge is -2.25. The summed E-state index contributed by atoms with van der Waals surface area (Å²) in [6.07, 6.45) is 2.76. The van der Waals surface area contributed by atoms with Crippen molar-refractivity contribution in [1.82, 2.24) is 5.32 Å². The van der Waals surface area contributed by atoms with Crippen LogP contribution in [0, 0.1) is 5.92 Å². The van der Waals surface area contributed by atoms with Gasteiger partial charge in [0.25, 0.3) is 0 Å². The molecule has 0 aliphatic heterocycles. The molecule has 2 atom stereocenters. The van der Waals surface area contributed by atoms with Crippen LogP contribution < -0.4 is 5.32 Å². The zero-order valence-electron chi connectivity index (χ0n) is 12.5. The molecule has 2 N–H and O–H groups in total. The Hall–Kier alpha value is -0.220. The van der Waals surface area contributed by atoms with Gasteiger partial charge in [0.1, 0.15) is 5.54 Å². The molecule has 0 rings (SSSR count). The predicted octanol–water partition coefficient (Wildman–Crippen LogP) is 3.39. The van der Waals surface area contributed by atoms with Crippen molar-refractivity contribution in [3.63, 3.8) is 0 Å². The van der Waals surface area contributed by atoms with E-state index in [-0.39, 0.29) is 0 Å². The summed E-state index contributed by atoms with van der Waals surface area (Å²) in [6.45, 7) is 11.2. The van der Waals surface area contributed by atoms with Gasteiger partial charge in [-0.25, -0.2) is 0 Å². The van der Waals surface area contributed by atoms with Crippen LogP contribution in [0.25, 0.3) is 0 Å². The van der Waals surface area contributed by atoms with Gasteiger partial charge >= 0.3 is 5.97 Å². The summed E-state index contributed by atoms with van der Waals surface area (Å²) in [5, 5.41) is 13.0. The molecule has 108 valence electrons. The predicted molar refractivity (Wildman–Crippen MR) is 80.3 cm³/mol. The number of carboxylic acid groups (broad SMARTS) is 1. The van der Waals surface area contributed by atoms with Crippen molar-refractivity contribution in [2.75, 3.05) is 12.3 Å². The average Bonchev–Trinajstić information content (AvgIpc) is 2.28. The highest BCUT2D eigenvalue weighted by molar-refractivity contribution is 7.99. The first-order chi connectivity index (χ1) is 8.33. The molecule has 0 saturated carbocycles. The smallest absolute Gasteiger partial charge is 0.323 e. The van der Waals surface area contributed by atoms with E-state index in [9.17, 15) is 9.90 Å². The molecule has 2 unspecified atom stereocenters. The minimum Gasteiger partial charge on any atom is -0.480 e. The Balaban J connectivity index is 3.85. The summed E-state index contributed by atoms with van der Waals surface area (Å²) >= 11 is 1.99. The van der Waals surface area contributed by atoms with Gasteiger partial charge in [-0.3, -0.25) is 4.79 Å². The van der Waals surface area contributed by atoms with Crippen LogP contribution in [0.4, 0.5) is 0 Å². The molecule has 0 radical (unpaired) electrons. The first kappa shape index (κ1) is 17.8. The van der Waals surface area contributed by atoms with Gasteiger partial charge in [0.15, 0.2) is 0 Å². The van der Waals surface area contributed by atoms with Gasteiger partial charge in [-0.05, 0) is 38.0 Å². The van der Waals surface area contributed by atoms with Crippen molar-refractivity contribution < 1.29 is 9.90 Å². The number of carbonyl (C=O) groups is 1. The van der Waals surface area contributed by atoms with E-state index in [1.165, 1.54) is 0 Å². The normalized spacial score (nSPS) is 16.6. The number of aliphatic carboxylic acids is 1. The largest absolute Gasteiger partial charge is 0.480 e. The van der Waals surface area contributed by atoms with Gasteiger partial charge in [-0.15, -0.1) is 0 Å². The molecule has 0 aromatic carbocycles. The van der Waals surface area contributed by atoms with Gasteiger partial charge in [0.2, 0.25) is 0 Å². The molecule has 0 aromatic rings. The minimum absolute atomic E-state index is 0.685. The van der Waals surface area contributed by atoms with Gasteiger partial charge in [0, 0.05) is 5.25 Å². The fourth-order valence-corrected chi connectivity index (χ4v) is 2.83. The number of nitrogens with one attached hydrogen (secondary N) is 1. The third-order valence-corrected chi connectivity index (χ3v) is 5.02. The van der Waals surface area contributed by atoms with E-state index in [0.717, 1.165) is 18.6 Å². The van der Waals surface area contributed by atoms with Crippen LogP contribution in [0.5, 0.6) is 0 Å². The van der Waals surface area contributed by atoms with Crippen LogP contribution in [0.3, 0.4) is 0 Å². The standard InChI is InChI=1S/C14H29NO2S/c1-6-15-14(5,13(16)17)9-7-8-10-18-12(4)11(2)3/h11-12,15H,6-10H2,1-5H3,(H,16,17). The molecule has 0 heterocycles. The molecule has 0 aliphatic carbocycles. The van der Waals surface area contributed by atoms with Crippen molar-refractivity contribution in [2.24, 2.45) is 5.92 Å². The molecule has 4 heteroatoms. The third-order valence-electron chi connectivity index (χ3n) is 3.43. The maximum Gasteiger partial charge on any atom is 0.323 e. The summed E-state index contributed by atoms with van der Waals surface area (Å²) in [5.41, 5.74) is -0.761. The summed E-state index contributed by atoms with van der Waals surface area (Å²) in [7, 11) is 0. The van der Waals surface area contributed by atoms with E-state index in [2.05, 4.69) is 26.1 Å².